The smallest absolute Gasteiger partial charge is 0.276 e. The number of aromatic nitrogens is 1. The number of hydrogen-bond donors (Lipinski definition) is 1. The number of carbonyl (C=O) groups excluding carboxylic acids is 2. The van der Waals surface area contributed by atoms with Crippen LogP contribution in [0.15, 0.2) is 59.1 Å². The van der Waals surface area contributed by atoms with Crippen LogP contribution in [0.3, 0.4) is 0 Å². The lowest BCUT2D eigenvalue weighted by molar-refractivity contribution is -0.116. The summed E-state index contributed by atoms with van der Waals surface area (Å²) in [6.07, 6.45) is 0.187. The van der Waals surface area contributed by atoms with E-state index < -0.39 is 0 Å². The zero-order valence-corrected chi connectivity index (χ0v) is 18.9. The van der Waals surface area contributed by atoms with E-state index in [0.717, 1.165) is 16.8 Å². The first kappa shape index (κ1) is 23.1. The highest BCUT2D eigenvalue weighted by Crippen LogP contribution is 2.25. The van der Waals surface area contributed by atoms with Gasteiger partial charge in [0, 0.05) is 36.8 Å². The monoisotopic (exact) mass is 435 g/mol. The molecule has 2 amide bonds. The Morgan fingerprint density at radius 2 is 1.88 bits per heavy atom. The van der Waals surface area contributed by atoms with Crippen molar-refractivity contribution >= 4 is 17.5 Å². The van der Waals surface area contributed by atoms with Gasteiger partial charge in [-0.2, -0.15) is 0 Å². The summed E-state index contributed by atoms with van der Waals surface area (Å²) in [6, 6.07) is 16.6. The summed E-state index contributed by atoms with van der Waals surface area (Å²) >= 11 is 0. The van der Waals surface area contributed by atoms with Crippen LogP contribution in [0.25, 0.3) is 11.3 Å². The average molecular weight is 436 g/mol. The Hall–Kier alpha value is -3.61. The van der Waals surface area contributed by atoms with Crippen molar-refractivity contribution in [3.05, 3.63) is 65.9 Å². The van der Waals surface area contributed by atoms with Crippen molar-refractivity contribution in [1.29, 1.82) is 0 Å². The van der Waals surface area contributed by atoms with Crippen molar-refractivity contribution in [1.82, 2.24) is 10.1 Å². The Balaban J connectivity index is 1.67. The van der Waals surface area contributed by atoms with Crippen molar-refractivity contribution < 1.29 is 18.8 Å². The number of aryl methyl sites for hydroxylation is 1. The number of anilines is 1. The van der Waals surface area contributed by atoms with Crippen LogP contribution in [0.1, 0.15) is 36.3 Å². The number of amides is 2. The Bertz CT molecular complexity index is 1060. The third kappa shape index (κ3) is 6.20. The lowest BCUT2D eigenvalue weighted by atomic mass is 10.1. The zero-order chi connectivity index (χ0) is 23.1. The number of nitrogens with zero attached hydrogens (tertiary/aromatic N) is 2. The van der Waals surface area contributed by atoms with Crippen LogP contribution in [-0.4, -0.2) is 42.1 Å². The largest absolute Gasteiger partial charge is 0.497 e. The summed E-state index contributed by atoms with van der Waals surface area (Å²) in [5.41, 5.74) is 2.84. The van der Waals surface area contributed by atoms with Gasteiger partial charge in [0.05, 0.1) is 7.11 Å². The highest BCUT2D eigenvalue weighted by Gasteiger charge is 2.22. The maximum absolute atomic E-state index is 13.1. The Kier molecular flexibility index (Phi) is 7.65. The van der Waals surface area contributed by atoms with Gasteiger partial charge in [-0.3, -0.25) is 9.59 Å². The highest BCUT2D eigenvalue weighted by atomic mass is 16.5. The molecule has 0 radical (unpaired) electrons. The molecule has 0 aliphatic heterocycles. The molecule has 0 saturated carbocycles. The van der Waals surface area contributed by atoms with Crippen LogP contribution in [0.5, 0.6) is 5.75 Å². The fourth-order valence-corrected chi connectivity index (χ4v) is 3.26. The molecule has 1 heterocycles. The molecule has 0 spiro atoms. The van der Waals surface area contributed by atoms with E-state index in [2.05, 4.69) is 10.5 Å². The van der Waals surface area contributed by atoms with Crippen molar-refractivity contribution in [2.75, 3.05) is 25.5 Å². The second kappa shape index (κ2) is 10.6. The van der Waals surface area contributed by atoms with Crippen molar-refractivity contribution in [2.24, 2.45) is 5.92 Å². The van der Waals surface area contributed by atoms with Crippen LogP contribution in [0.4, 0.5) is 5.69 Å². The van der Waals surface area contributed by atoms with E-state index in [1.54, 1.807) is 18.1 Å². The number of ether oxygens (including phenoxy) is 1. The molecule has 2 aromatic carbocycles. The lowest BCUT2D eigenvalue weighted by Gasteiger charge is -2.23. The molecule has 0 saturated heterocycles. The van der Waals surface area contributed by atoms with E-state index in [0.29, 0.717) is 18.1 Å². The summed E-state index contributed by atoms with van der Waals surface area (Å²) in [4.78, 5) is 27.2. The van der Waals surface area contributed by atoms with Gasteiger partial charge in [-0.1, -0.05) is 48.8 Å². The summed E-state index contributed by atoms with van der Waals surface area (Å²) < 4.78 is 10.6. The fourth-order valence-electron chi connectivity index (χ4n) is 3.26. The average Bonchev–Trinajstić information content (AvgIpc) is 3.28. The molecule has 7 nitrogen and oxygen atoms in total. The molecule has 0 unspecified atom stereocenters. The van der Waals surface area contributed by atoms with Crippen molar-refractivity contribution in [3.8, 4) is 17.1 Å². The normalized spacial score (nSPS) is 10.8. The molecule has 7 heteroatoms. The van der Waals surface area contributed by atoms with Gasteiger partial charge in [0.15, 0.2) is 11.5 Å². The molecular formula is C25H29N3O4. The van der Waals surface area contributed by atoms with E-state index in [-0.39, 0.29) is 36.4 Å². The van der Waals surface area contributed by atoms with Crippen LogP contribution in [0.2, 0.25) is 0 Å². The van der Waals surface area contributed by atoms with E-state index >= 15 is 0 Å². The number of hydrogen-bond acceptors (Lipinski definition) is 5. The second-order valence-electron chi connectivity index (χ2n) is 8.12. The first-order valence-corrected chi connectivity index (χ1v) is 10.6. The lowest BCUT2D eigenvalue weighted by Crippen LogP contribution is -2.36. The standard InChI is InChI=1S/C25H29N3O4/c1-17(2)16-28(13-12-24(29)26-20-10-8-18(3)9-11-20)25(30)22-15-23(32-27-22)19-6-5-7-21(14-19)31-4/h5-11,14-15,17H,12-13,16H2,1-4H3,(H,26,29). The number of methoxy groups -OCH3 is 1. The van der Waals surface area contributed by atoms with Gasteiger partial charge < -0.3 is 19.5 Å². The molecular weight excluding hydrogens is 406 g/mol. The van der Waals surface area contributed by atoms with Crippen LogP contribution < -0.4 is 10.1 Å². The third-order valence-corrected chi connectivity index (χ3v) is 4.90. The van der Waals surface area contributed by atoms with Gasteiger partial charge in [-0.25, -0.2) is 0 Å². The summed E-state index contributed by atoms with van der Waals surface area (Å²) in [6.45, 7) is 6.84. The summed E-state index contributed by atoms with van der Waals surface area (Å²) in [5, 5.41) is 6.84. The predicted molar refractivity (Wildman–Crippen MR) is 124 cm³/mol. The molecule has 32 heavy (non-hydrogen) atoms. The first-order chi connectivity index (χ1) is 15.4. The molecule has 3 rings (SSSR count). The molecule has 0 aliphatic carbocycles. The second-order valence-corrected chi connectivity index (χ2v) is 8.12. The number of nitrogens with one attached hydrogen (secondary N) is 1. The first-order valence-electron chi connectivity index (χ1n) is 10.6. The molecule has 0 fully saturated rings. The minimum atomic E-state index is -0.264. The minimum Gasteiger partial charge on any atom is -0.497 e. The molecule has 0 atom stereocenters. The van der Waals surface area contributed by atoms with E-state index in [1.165, 1.54) is 0 Å². The Morgan fingerprint density at radius 3 is 2.56 bits per heavy atom. The van der Waals surface area contributed by atoms with Crippen LogP contribution in [0, 0.1) is 12.8 Å². The number of benzene rings is 2. The zero-order valence-electron chi connectivity index (χ0n) is 18.9. The number of rotatable bonds is 9. The molecule has 1 N–H and O–H groups in total. The minimum absolute atomic E-state index is 0.146. The van der Waals surface area contributed by atoms with Gasteiger partial charge in [0.25, 0.3) is 5.91 Å². The van der Waals surface area contributed by atoms with E-state index in [9.17, 15) is 9.59 Å². The van der Waals surface area contributed by atoms with Gasteiger partial charge in [0.2, 0.25) is 5.91 Å². The molecule has 0 bridgehead atoms. The van der Waals surface area contributed by atoms with Gasteiger partial charge >= 0.3 is 0 Å². The van der Waals surface area contributed by atoms with Crippen LogP contribution >= 0.6 is 0 Å². The van der Waals surface area contributed by atoms with Crippen LogP contribution in [-0.2, 0) is 4.79 Å². The molecule has 168 valence electrons. The summed E-state index contributed by atoms with van der Waals surface area (Å²) in [7, 11) is 1.59. The van der Waals surface area contributed by atoms with Gasteiger partial charge in [-0.05, 0) is 37.1 Å². The van der Waals surface area contributed by atoms with E-state index in [1.807, 2.05) is 69.3 Å². The maximum Gasteiger partial charge on any atom is 0.276 e. The fraction of sp³-hybridized carbons (Fsp3) is 0.320. The molecule has 1 aromatic heterocycles. The van der Waals surface area contributed by atoms with E-state index in [4.69, 9.17) is 9.26 Å². The predicted octanol–water partition coefficient (Wildman–Crippen LogP) is 4.79. The summed E-state index contributed by atoms with van der Waals surface area (Å²) in [5.74, 6) is 0.998. The Labute approximate surface area is 188 Å². The van der Waals surface area contributed by atoms with Crippen molar-refractivity contribution in [3.63, 3.8) is 0 Å². The van der Waals surface area contributed by atoms with Crippen molar-refractivity contribution in [2.45, 2.75) is 27.2 Å². The SMILES string of the molecule is COc1cccc(-c2cc(C(=O)N(CCC(=O)Nc3ccc(C)cc3)CC(C)C)no2)c1. The van der Waals surface area contributed by atoms with Gasteiger partial charge in [0.1, 0.15) is 5.75 Å². The Morgan fingerprint density at radius 1 is 1.12 bits per heavy atom. The maximum atomic E-state index is 13.1. The highest BCUT2D eigenvalue weighted by molar-refractivity contribution is 5.94. The third-order valence-electron chi connectivity index (χ3n) is 4.90. The quantitative estimate of drug-likeness (QED) is 0.523. The van der Waals surface area contributed by atoms with Gasteiger partial charge in [-0.15, -0.1) is 0 Å². The topological polar surface area (TPSA) is 84.7 Å². The number of carbonyl (C=O) groups is 2. The molecule has 0 aliphatic rings. The molecule has 3 aromatic rings.